The van der Waals surface area contributed by atoms with E-state index in [2.05, 4.69) is 18.8 Å². The Hall–Kier alpha value is -2.12. The molecule has 0 heterocycles. The minimum atomic E-state index is -0.939. The van der Waals surface area contributed by atoms with E-state index in [1.54, 1.807) is 0 Å². The zero-order valence-corrected chi connectivity index (χ0v) is 29.8. The van der Waals surface area contributed by atoms with Crippen LogP contribution in [-0.2, 0) is 19.1 Å². The van der Waals surface area contributed by atoms with Crippen molar-refractivity contribution in [3.05, 3.63) is 0 Å². The number of rotatable bonds is 32. The summed E-state index contributed by atoms with van der Waals surface area (Å²) in [5, 5.41) is 0. The molecule has 0 radical (unpaired) electrons. The Bertz CT molecular complexity index is 717. The van der Waals surface area contributed by atoms with Crippen LogP contribution in [0, 0.1) is 0 Å². The molecule has 0 bridgehead atoms. The van der Waals surface area contributed by atoms with Crippen molar-refractivity contribution in [2.45, 2.75) is 200 Å². The number of hydrogen-bond donors (Lipinski definition) is 2. The minimum absolute atomic E-state index is 0.0166. The van der Waals surface area contributed by atoms with E-state index in [1.165, 1.54) is 108 Å². The number of carbonyl (C=O) groups is 3. The third-order valence-corrected chi connectivity index (χ3v) is 8.49. The van der Waals surface area contributed by atoms with E-state index in [0.29, 0.717) is 19.4 Å². The maximum absolute atomic E-state index is 13.5. The van der Waals surface area contributed by atoms with E-state index in [1.807, 2.05) is 6.92 Å². The molecule has 0 aliphatic heterocycles. The lowest BCUT2D eigenvalue weighted by Crippen LogP contribution is -2.49. The highest BCUT2D eigenvalue weighted by Crippen LogP contribution is 2.19. The van der Waals surface area contributed by atoms with E-state index < -0.39 is 12.0 Å². The van der Waals surface area contributed by atoms with Crippen LogP contribution in [0.5, 0.6) is 0 Å². The van der Waals surface area contributed by atoms with E-state index in [0.717, 1.165) is 38.5 Å². The van der Waals surface area contributed by atoms with Crippen LogP contribution in [0.3, 0.4) is 0 Å². The number of guanidine groups is 1. The average molecular weight is 637 g/mol. The maximum Gasteiger partial charge on any atom is 0.329 e. The molecular formula is C37H72N4O4. The summed E-state index contributed by atoms with van der Waals surface area (Å²) in [6, 6.07) is -0.939. The van der Waals surface area contributed by atoms with Gasteiger partial charge in [0.2, 0.25) is 11.8 Å². The number of ether oxygens (including phenoxy) is 1. The third-order valence-electron chi connectivity index (χ3n) is 8.49. The molecule has 0 aromatic rings. The van der Waals surface area contributed by atoms with E-state index in [-0.39, 0.29) is 43.6 Å². The first-order valence-corrected chi connectivity index (χ1v) is 19.0. The fraction of sp³-hybridized carbons (Fsp3) is 0.892. The Morgan fingerprint density at radius 2 is 0.933 bits per heavy atom. The molecule has 0 aromatic carbocycles. The summed E-state index contributed by atoms with van der Waals surface area (Å²) in [5.74, 6) is -1.06. The molecule has 45 heavy (non-hydrogen) atoms. The van der Waals surface area contributed by atoms with Crippen molar-refractivity contribution in [1.29, 1.82) is 0 Å². The van der Waals surface area contributed by atoms with E-state index in [9.17, 15) is 14.4 Å². The van der Waals surface area contributed by atoms with Gasteiger partial charge in [-0.2, -0.15) is 0 Å². The molecule has 2 amide bonds. The molecule has 0 aliphatic carbocycles. The molecule has 4 N–H and O–H groups in total. The molecule has 0 aromatic heterocycles. The van der Waals surface area contributed by atoms with Crippen molar-refractivity contribution in [2.24, 2.45) is 16.5 Å². The first-order valence-electron chi connectivity index (χ1n) is 19.0. The highest BCUT2D eigenvalue weighted by molar-refractivity contribution is 5.99. The van der Waals surface area contributed by atoms with Gasteiger partial charge in [-0.05, 0) is 32.1 Å². The Morgan fingerprint density at radius 3 is 1.29 bits per heavy atom. The second-order valence-corrected chi connectivity index (χ2v) is 12.9. The number of nitrogens with two attached hydrogens (primary N) is 2. The number of unbranched alkanes of at least 4 members (excludes halogenated alkanes) is 20. The topological polar surface area (TPSA) is 128 Å². The summed E-state index contributed by atoms with van der Waals surface area (Å²) in [6.45, 7) is 7.00. The van der Waals surface area contributed by atoms with Crippen LogP contribution in [0.4, 0.5) is 0 Å². The van der Waals surface area contributed by atoms with Crippen LogP contribution < -0.4 is 11.5 Å². The van der Waals surface area contributed by atoms with Gasteiger partial charge in [0.1, 0.15) is 6.04 Å². The first-order chi connectivity index (χ1) is 21.9. The van der Waals surface area contributed by atoms with Crippen molar-refractivity contribution in [3.63, 3.8) is 0 Å². The molecule has 0 saturated heterocycles. The summed E-state index contributed by atoms with van der Waals surface area (Å²) in [6.07, 6.45) is 28.1. The van der Waals surface area contributed by atoms with Gasteiger partial charge in [0, 0.05) is 19.4 Å². The molecule has 0 fully saturated rings. The molecule has 0 spiro atoms. The summed E-state index contributed by atoms with van der Waals surface area (Å²) in [4.78, 5) is 45.5. The van der Waals surface area contributed by atoms with Gasteiger partial charge in [0.15, 0.2) is 5.96 Å². The number of amides is 2. The van der Waals surface area contributed by atoms with Gasteiger partial charge >= 0.3 is 5.97 Å². The molecule has 264 valence electrons. The van der Waals surface area contributed by atoms with Gasteiger partial charge in [0.05, 0.1) is 6.61 Å². The van der Waals surface area contributed by atoms with Gasteiger partial charge in [-0.3, -0.25) is 19.5 Å². The lowest BCUT2D eigenvalue weighted by atomic mass is 10.0. The monoisotopic (exact) mass is 637 g/mol. The normalized spacial score (nSPS) is 11.7. The zero-order valence-electron chi connectivity index (χ0n) is 29.8. The van der Waals surface area contributed by atoms with Gasteiger partial charge in [-0.15, -0.1) is 0 Å². The van der Waals surface area contributed by atoms with Gasteiger partial charge in [-0.1, -0.05) is 149 Å². The smallest absolute Gasteiger partial charge is 0.329 e. The first kappa shape index (κ1) is 42.9. The fourth-order valence-electron chi connectivity index (χ4n) is 5.75. The number of esters is 1. The summed E-state index contributed by atoms with van der Waals surface area (Å²) < 4.78 is 5.47. The Morgan fingerprint density at radius 1 is 0.556 bits per heavy atom. The number of carbonyl (C=O) groups excluding carboxylic acids is 3. The SMILES string of the molecule is CCCCCCCCCCCCCC(=O)N(C(=O)CCCCCCCCCCCCC)[C@@H](CCCN=C(N)N)C(=O)OCCC. The van der Waals surface area contributed by atoms with Crippen molar-refractivity contribution in [2.75, 3.05) is 13.2 Å². The molecule has 0 unspecified atom stereocenters. The van der Waals surface area contributed by atoms with Crippen molar-refractivity contribution < 1.29 is 19.1 Å². The second kappa shape index (κ2) is 31.8. The largest absolute Gasteiger partial charge is 0.464 e. The Balaban J connectivity index is 4.98. The Kier molecular flexibility index (Phi) is 30.3. The van der Waals surface area contributed by atoms with Gasteiger partial charge in [-0.25, -0.2) is 4.79 Å². The molecule has 8 heteroatoms. The van der Waals surface area contributed by atoms with Crippen molar-refractivity contribution in [3.8, 4) is 0 Å². The summed E-state index contributed by atoms with van der Waals surface area (Å²) in [7, 11) is 0. The van der Waals surface area contributed by atoms with Crippen LogP contribution in [0.25, 0.3) is 0 Å². The van der Waals surface area contributed by atoms with Crippen LogP contribution in [0.1, 0.15) is 194 Å². The molecule has 8 nitrogen and oxygen atoms in total. The average Bonchev–Trinajstić information content (AvgIpc) is 3.02. The lowest BCUT2D eigenvalue weighted by molar-refractivity contribution is -0.162. The zero-order chi connectivity index (χ0) is 33.4. The number of nitrogens with zero attached hydrogens (tertiary/aromatic N) is 2. The van der Waals surface area contributed by atoms with Crippen molar-refractivity contribution in [1.82, 2.24) is 4.90 Å². The number of imide groups is 1. The lowest BCUT2D eigenvalue weighted by Gasteiger charge is -2.29. The standard InChI is InChI=1S/C37H72N4O4/c1-4-7-9-11-13-15-17-19-21-23-25-29-34(42)41(33(36(44)45-32-6-3)28-27-31-40-37(38)39)35(43)30-26-24-22-20-18-16-14-12-10-8-5-2/h33H,4-32H2,1-3H3,(H4,38,39,40)/t33-/m0/s1. The summed E-state index contributed by atoms with van der Waals surface area (Å²) >= 11 is 0. The predicted octanol–water partition coefficient (Wildman–Crippen LogP) is 9.12. The Labute approximate surface area is 277 Å². The maximum atomic E-state index is 13.5. The quantitative estimate of drug-likeness (QED) is 0.0328. The molecular weight excluding hydrogens is 564 g/mol. The summed E-state index contributed by atoms with van der Waals surface area (Å²) in [5.41, 5.74) is 10.9. The fourth-order valence-corrected chi connectivity index (χ4v) is 5.75. The molecule has 0 aliphatic rings. The highest BCUT2D eigenvalue weighted by Gasteiger charge is 2.34. The predicted molar refractivity (Wildman–Crippen MR) is 189 cm³/mol. The highest BCUT2D eigenvalue weighted by atomic mass is 16.5. The van der Waals surface area contributed by atoms with Gasteiger partial charge < -0.3 is 16.2 Å². The molecule has 0 saturated carbocycles. The minimum Gasteiger partial charge on any atom is -0.464 e. The number of aliphatic imine (C=N–C) groups is 1. The molecule has 0 rings (SSSR count). The van der Waals surface area contributed by atoms with E-state index >= 15 is 0 Å². The van der Waals surface area contributed by atoms with Crippen molar-refractivity contribution >= 4 is 23.7 Å². The van der Waals surface area contributed by atoms with Crippen LogP contribution in [-0.4, -0.2) is 47.8 Å². The van der Waals surface area contributed by atoms with Crippen LogP contribution in [0.2, 0.25) is 0 Å². The van der Waals surface area contributed by atoms with Crippen LogP contribution >= 0.6 is 0 Å². The third kappa shape index (κ3) is 25.7. The molecule has 1 atom stereocenters. The second-order valence-electron chi connectivity index (χ2n) is 12.9. The number of hydrogen-bond acceptors (Lipinski definition) is 5. The van der Waals surface area contributed by atoms with Gasteiger partial charge in [0.25, 0.3) is 0 Å². The van der Waals surface area contributed by atoms with E-state index in [4.69, 9.17) is 16.2 Å². The van der Waals surface area contributed by atoms with Crippen LogP contribution in [0.15, 0.2) is 4.99 Å².